The number of benzene rings is 1. The maximum absolute atomic E-state index is 12.5. The first-order chi connectivity index (χ1) is 13.6. The lowest BCUT2D eigenvalue weighted by molar-refractivity contribution is 0.0601. The number of aromatic nitrogens is 3. The Morgan fingerprint density at radius 1 is 1.21 bits per heavy atom. The van der Waals surface area contributed by atoms with Crippen LogP contribution in [0.4, 0.5) is 17.3 Å². The number of para-hydroxylation sites is 1. The number of hydrogen-bond acceptors (Lipinski definition) is 7. The van der Waals surface area contributed by atoms with Gasteiger partial charge in [-0.05, 0) is 25.0 Å². The molecule has 3 N–H and O–H groups in total. The fourth-order valence-corrected chi connectivity index (χ4v) is 2.87. The van der Waals surface area contributed by atoms with Crippen molar-refractivity contribution < 1.29 is 14.3 Å². The van der Waals surface area contributed by atoms with Crippen LogP contribution in [0.25, 0.3) is 5.65 Å². The summed E-state index contributed by atoms with van der Waals surface area (Å²) in [6.07, 6.45) is 3.50. The molecule has 0 saturated heterocycles. The van der Waals surface area contributed by atoms with Gasteiger partial charge in [0.2, 0.25) is 0 Å². The van der Waals surface area contributed by atoms with Gasteiger partial charge in [-0.1, -0.05) is 12.1 Å². The van der Waals surface area contributed by atoms with E-state index >= 15 is 0 Å². The number of ether oxygens (including phenoxy) is 1. The van der Waals surface area contributed by atoms with Gasteiger partial charge in [0.05, 0.1) is 24.6 Å². The molecule has 1 amide bonds. The van der Waals surface area contributed by atoms with Crippen molar-refractivity contribution in [2.45, 2.75) is 18.9 Å². The normalized spacial score (nSPS) is 13.2. The molecule has 3 aromatic rings. The third kappa shape index (κ3) is 3.34. The van der Waals surface area contributed by atoms with Crippen LogP contribution in [0.15, 0.2) is 36.5 Å². The maximum atomic E-state index is 12.5. The standard InChI is InChI=1S/C19H20N6O3/c1-20-16-9-15(23-14-6-4-3-5-12(14)19(27)28-2)24-17-13(10-21-25(16)17)18(26)22-11-7-8-11/h3-6,9-11,20H,7-8H2,1-2H3,(H,22,26)(H,23,24). The SMILES string of the molecule is CNc1cc(Nc2ccccc2C(=O)OC)nc2c(C(=O)NC3CC3)cnn12. The third-order valence-corrected chi connectivity index (χ3v) is 4.48. The zero-order valence-corrected chi connectivity index (χ0v) is 15.5. The first-order valence-corrected chi connectivity index (χ1v) is 8.92. The third-order valence-electron chi connectivity index (χ3n) is 4.48. The molecule has 2 heterocycles. The molecule has 0 radical (unpaired) electrons. The van der Waals surface area contributed by atoms with Crippen LogP contribution in [0.3, 0.4) is 0 Å². The molecule has 28 heavy (non-hydrogen) atoms. The second kappa shape index (κ2) is 7.18. The van der Waals surface area contributed by atoms with Crippen molar-refractivity contribution in [1.82, 2.24) is 19.9 Å². The van der Waals surface area contributed by atoms with E-state index in [1.165, 1.54) is 13.3 Å². The summed E-state index contributed by atoms with van der Waals surface area (Å²) < 4.78 is 6.40. The topological polar surface area (TPSA) is 110 Å². The average molecular weight is 380 g/mol. The van der Waals surface area contributed by atoms with Gasteiger partial charge in [0.15, 0.2) is 5.65 Å². The molecule has 0 atom stereocenters. The number of nitrogens with one attached hydrogen (secondary N) is 3. The highest BCUT2D eigenvalue weighted by Crippen LogP contribution is 2.25. The number of anilines is 3. The molecule has 0 aliphatic heterocycles. The monoisotopic (exact) mass is 380 g/mol. The Morgan fingerprint density at radius 2 is 2.00 bits per heavy atom. The van der Waals surface area contributed by atoms with E-state index in [2.05, 4.69) is 26.0 Å². The van der Waals surface area contributed by atoms with Crippen LogP contribution >= 0.6 is 0 Å². The van der Waals surface area contributed by atoms with Gasteiger partial charge in [0, 0.05) is 19.2 Å². The van der Waals surface area contributed by atoms with Crippen LogP contribution in [-0.4, -0.2) is 46.7 Å². The zero-order valence-electron chi connectivity index (χ0n) is 15.5. The summed E-state index contributed by atoms with van der Waals surface area (Å²) in [5, 5.41) is 13.4. The highest BCUT2D eigenvalue weighted by molar-refractivity contribution is 6.00. The Kier molecular flexibility index (Phi) is 4.56. The van der Waals surface area contributed by atoms with Crippen molar-refractivity contribution >= 4 is 34.8 Å². The number of amides is 1. The fraction of sp³-hybridized carbons (Fsp3) is 0.263. The second-order valence-electron chi connectivity index (χ2n) is 6.48. The Hall–Kier alpha value is -3.62. The molecular formula is C19H20N6O3. The van der Waals surface area contributed by atoms with Crippen LogP contribution in [0.2, 0.25) is 0 Å². The van der Waals surface area contributed by atoms with Gasteiger partial charge >= 0.3 is 5.97 Å². The number of esters is 1. The van der Waals surface area contributed by atoms with Crippen LogP contribution in [0, 0.1) is 0 Å². The predicted octanol–water partition coefficient (Wildman–Crippen LogP) is 2.19. The minimum Gasteiger partial charge on any atom is -0.465 e. The number of methoxy groups -OCH3 is 1. The van der Waals surface area contributed by atoms with Gasteiger partial charge in [-0.3, -0.25) is 4.79 Å². The largest absolute Gasteiger partial charge is 0.465 e. The fourth-order valence-electron chi connectivity index (χ4n) is 2.87. The van der Waals surface area contributed by atoms with E-state index in [-0.39, 0.29) is 11.9 Å². The molecule has 2 aromatic heterocycles. The quantitative estimate of drug-likeness (QED) is 0.562. The minimum atomic E-state index is -0.452. The number of carbonyl (C=O) groups is 2. The summed E-state index contributed by atoms with van der Waals surface area (Å²) in [7, 11) is 3.09. The number of nitrogens with zero attached hydrogens (tertiary/aromatic N) is 3. The van der Waals surface area contributed by atoms with Crippen molar-refractivity contribution in [1.29, 1.82) is 0 Å². The summed E-state index contributed by atoms with van der Waals surface area (Å²) >= 11 is 0. The van der Waals surface area contributed by atoms with Gasteiger partial charge in [0.1, 0.15) is 17.2 Å². The Bertz CT molecular complexity index is 1060. The van der Waals surface area contributed by atoms with Crippen molar-refractivity contribution in [3.8, 4) is 0 Å². The van der Waals surface area contributed by atoms with E-state index < -0.39 is 5.97 Å². The molecule has 4 rings (SSSR count). The van der Waals surface area contributed by atoms with Crippen molar-refractivity contribution in [2.75, 3.05) is 24.8 Å². The molecular weight excluding hydrogens is 360 g/mol. The molecule has 1 fully saturated rings. The van der Waals surface area contributed by atoms with E-state index in [9.17, 15) is 9.59 Å². The molecule has 0 bridgehead atoms. The first kappa shape index (κ1) is 17.8. The van der Waals surface area contributed by atoms with Gasteiger partial charge < -0.3 is 20.7 Å². The second-order valence-corrected chi connectivity index (χ2v) is 6.48. The van der Waals surface area contributed by atoms with Gasteiger partial charge in [-0.2, -0.15) is 9.61 Å². The number of fused-ring (bicyclic) bond motifs is 1. The van der Waals surface area contributed by atoms with Gasteiger partial charge in [-0.15, -0.1) is 0 Å². The lowest BCUT2D eigenvalue weighted by atomic mass is 10.2. The van der Waals surface area contributed by atoms with Crippen molar-refractivity contribution in [3.63, 3.8) is 0 Å². The number of hydrogen-bond donors (Lipinski definition) is 3. The molecule has 1 aliphatic carbocycles. The molecule has 144 valence electrons. The van der Waals surface area contributed by atoms with E-state index in [1.54, 1.807) is 41.9 Å². The minimum absolute atomic E-state index is 0.195. The molecule has 1 aromatic carbocycles. The number of carbonyl (C=O) groups excluding carboxylic acids is 2. The Morgan fingerprint density at radius 3 is 2.71 bits per heavy atom. The van der Waals surface area contributed by atoms with Crippen LogP contribution in [-0.2, 0) is 4.74 Å². The van der Waals surface area contributed by atoms with Crippen molar-refractivity contribution in [3.05, 3.63) is 47.7 Å². The van der Waals surface area contributed by atoms with Gasteiger partial charge in [0.25, 0.3) is 5.91 Å². The molecule has 1 aliphatic rings. The summed E-state index contributed by atoms with van der Waals surface area (Å²) in [5.74, 6) is 0.466. The van der Waals surface area contributed by atoms with E-state index in [1.807, 2.05) is 0 Å². The average Bonchev–Trinajstić information content (AvgIpc) is 3.42. The van der Waals surface area contributed by atoms with E-state index in [0.29, 0.717) is 34.1 Å². The summed E-state index contributed by atoms with van der Waals surface area (Å²) in [4.78, 5) is 29.1. The molecule has 0 spiro atoms. The van der Waals surface area contributed by atoms with Crippen LogP contribution < -0.4 is 16.0 Å². The Balaban J connectivity index is 1.73. The summed E-state index contributed by atoms with van der Waals surface area (Å²) in [5.41, 5.74) is 1.76. The molecule has 0 unspecified atom stereocenters. The van der Waals surface area contributed by atoms with Crippen molar-refractivity contribution in [2.24, 2.45) is 0 Å². The predicted molar refractivity (Wildman–Crippen MR) is 104 cm³/mol. The first-order valence-electron chi connectivity index (χ1n) is 8.92. The maximum Gasteiger partial charge on any atom is 0.339 e. The highest BCUT2D eigenvalue weighted by Gasteiger charge is 2.26. The smallest absolute Gasteiger partial charge is 0.339 e. The van der Waals surface area contributed by atoms with Gasteiger partial charge in [-0.25, -0.2) is 9.78 Å². The zero-order chi connectivity index (χ0) is 19.7. The van der Waals surface area contributed by atoms with E-state index in [4.69, 9.17) is 4.74 Å². The van der Waals surface area contributed by atoms with Crippen LogP contribution in [0.5, 0.6) is 0 Å². The number of rotatable bonds is 6. The lowest BCUT2D eigenvalue weighted by Crippen LogP contribution is -2.25. The highest BCUT2D eigenvalue weighted by atomic mass is 16.5. The Labute approximate surface area is 161 Å². The molecule has 9 nitrogen and oxygen atoms in total. The summed E-state index contributed by atoms with van der Waals surface area (Å²) in [6.45, 7) is 0. The molecule has 9 heteroatoms. The van der Waals surface area contributed by atoms with Crippen LogP contribution in [0.1, 0.15) is 33.6 Å². The molecule has 1 saturated carbocycles. The van der Waals surface area contributed by atoms with E-state index in [0.717, 1.165) is 12.8 Å². The lowest BCUT2D eigenvalue weighted by Gasteiger charge is -2.12. The summed E-state index contributed by atoms with van der Waals surface area (Å²) in [6, 6.07) is 8.97.